The van der Waals surface area contributed by atoms with E-state index in [2.05, 4.69) is 14.5 Å². The quantitative estimate of drug-likeness (QED) is 0.159. The largest absolute Gasteiger partial charge is 0.470 e. The summed E-state index contributed by atoms with van der Waals surface area (Å²) in [5.74, 6) is 0.404. The van der Waals surface area contributed by atoms with Gasteiger partial charge in [-0.2, -0.15) is 0 Å². The summed E-state index contributed by atoms with van der Waals surface area (Å²) in [6, 6.07) is 18.3. The van der Waals surface area contributed by atoms with Crippen LogP contribution in [-0.2, 0) is 24.1 Å². The summed E-state index contributed by atoms with van der Waals surface area (Å²) >= 11 is 1.56. The molecule has 9 heteroatoms. The molecule has 7 nitrogen and oxygen atoms in total. The van der Waals surface area contributed by atoms with Gasteiger partial charge in [-0.3, -0.25) is 9.88 Å². The van der Waals surface area contributed by atoms with Crippen molar-refractivity contribution in [2.24, 2.45) is 7.05 Å². The first-order valence-electron chi connectivity index (χ1n) is 13.4. The minimum Gasteiger partial charge on any atom is -0.470 e. The first kappa shape index (κ1) is 27.0. The molecule has 6 rings (SSSR count). The van der Waals surface area contributed by atoms with E-state index in [1.807, 2.05) is 55.4 Å². The molecule has 41 heavy (non-hydrogen) atoms. The number of benzene rings is 2. The average molecular weight is 569 g/mol. The molecule has 0 saturated heterocycles. The fourth-order valence-electron chi connectivity index (χ4n) is 5.41. The molecule has 0 N–H and O–H groups in total. The lowest BCUT2D eigenvalue weighted by Gasteiger charge is -2.36. The van der Waals surface area contributed by atoms with Gasteiger partial charge in [-0.25, -0.2) is 14.2 Å². The van der Waals surface area contributed by atoms with E-state index in [-0.39, 0.29) is 18.4 Å². The Morgan fingerprint density at radius 3 is 2.68 bits per heavy atom. The predicted molar refractivity (Wildman–Crippen MR) is 157 cm³/mol. The smallest absolute Gasteiger partial charge is 0.340 e. The van der Waals surface area contributed by atoms with E-state index in [0.717, 1.165) is 38.3 Å². The van der Waals surface area contributed by atoms with Crippen molar-refractivity contribution < 1.29 is 18.7 Å². The third-order valence-electron chi connectivity index (χ3n) is 7.32. The summed E-state index contributed by atoms with van der Waals surface area (Å²) in [4.78, 5) is 24.3. The fourth-order valence-corrected chi connectivity index (χ4v) is 6.34. The van der Waals surface area contributed by atoms with Crippen LogP contribution >= 0.6 is 11.8 Å². The van der Waals surface area contributed by atoms with Crippen LogP contribution in [0.25, 0.3) is 22.0 Å². The van der Waals surface area contributed by atoms with E-state index < -0.39 is 6.23 Å². The van der Waals surface area contributed by atoms with Gasteiger partial charge in [0.15, 0.2) is 6.23 Å². The summed E-state index contributed by atoms with van der Waals surface area (Å²) in [5.41, 5.74) is 5.22. The Kier molecular flexibility index (Phi) is 7.47. The Morgan fingerprint density at radius 1 is 1.12 bits per heavy atom. The second-order valence-corrected chi connectivity index (χ2v) is 10.8. The molecule has 1 unspecified atom stereocenters. The zero-order valence-electron chi connectivity index (χ0n) is 23.0. The van der Waals surface area contributed by atoms with Crippen LogP contribution in [0.1, 0.15) is 40.3 Å². The number of thioether (sulfide) groups is 1. The van der Waals surface area contributed by atoms with Crippen LogP contribution in [0.15, 0.2) is 84.3 Å². The third-order valence-corrected chi connectivity index (χ3v) is 8.27. The highest BCUT2D eigenvalue weighted by molar-refractivity contribution is 7.98. The van der Waals surface area contributed by atoms with E-state index in [1.54, 1.807) is 55.5 Å². The molecule has 0 amide bonds. The van der Waals surface area contributed by atoms with Crippen LogP contribution in [-0.4, -0.2) is 39.1 Å². The summed E-state index contributed by atoms with van der Waals surface area (Å²) in [6.45, 7) is 2.49. The van der Waals surface area contributed by atoms with Crippen LogP contribution in [0.5, 0.6) is 5.75 Å². The number of halogens is 1. The van der Waals surface area contributed by atoms with E-state index in [0.29, 0.717) is 29.2 Å². The lowest BCUT2D eigenvalue weighted by molar-refractivity contribution is 0.0162. The van der Waals surface area contributed by atoms with Gasteiger partial charge < -0.3 is 14.0 Å². The molecule has 1 atom stereocenters. The molecule has 2 aromatic carbocycles. The number of nitrogens with zero attached hydrogens (tertiary/aromatic N) is 4. The van der Waals surface area contributed by atoms with Crippen molar-refractivity contribution in [3.05, 3.63) is 107 Å². The highest BCUT2D eigenvalue weighted by Crippen LogP contribution is 2.47. The van der Waals surface area contributed by atoms with Gasteiger partial charge in [-0.05, 0) is 44.3 Å². The molecule has 1 aliphatic heterocycles. The minimum absolute atomic E-state index is 0.254. The lowest BCUT2D eigenvalue weighted by Crippen LogP contribution is -2.34. The van der Waals surface area contributed by atoms with Crippen LogP contribution in [0.3, 0.4) is 0 Å². The van der Waals surface area contributed by atoms with Crippen molar-refractivity contribution in [1.29, 1.82) is 0 Å². The van der Waals surface area contributed by atoms with Gasteiger partial charge in [0.05, 0.1) is 22.7 Å². The van der Waals surface area contributed by atoms with Crippen molar-refractivity contribution in [2.75, 3.05) is 13.7 Å². The SMILES string of the molecule is CCOC(=O)c1c(CSc2ccccn2)n(C)c2cc(-c3cccnc3)c3c(c12)CN(C)C(c1ccccc1F)O3. The first-order chi connectivity index (χ1) is 20.0. The summed E-state index contributed by atoms with van der Waals surface area (Å²) < 4.78 is 29.3. The van der Waals surface area contributed by atoms with Gasteiger partial charge in [0, 0.05) is 71.3 Å². The number of carbonyl (C=O) groups excluding carboxylic acids is 1. The molecule has 0 radical (unpaired) electrons. The lowest BCUT2D eigenvalue weighted by atomic mass is 9.95. The Labute approximate surface area is 241 Å². The molecule has 1 aliphatic rings. The van der Waals surface area contributed by atoms with Crippen LogP contribution < -0.4 is 4.74 Å². The normalized spacial score (nSPS) is 15.0. The van der Waals surface area contributed by atoms with Crippen molar-refractivity contribution in [3.8, 4) is 16.9 Å². The molecule has 0 bridgehead atoms. The van der Waals surface area contributed by atoms with E-state index >= 15 is 0 Å². The summed E-state index contributed by atoms with van der Waals surface area (Å²) in [5, 5.41) is 1.64. The molecule has 3 aromatic heterocycles. The second-order valence-electron chi connectivity index (χ2n) is 9.83. The number of hydrogen-bond donors (Lipinski definition) is 0. The zero-order chi connectivity index (χ0) is 28.5. The number of pyridine rings is 2. The number of carbonyl (C=O) groups is 1. The highest BCUT2D eigenvalue weighted by atomic mass is 32.2. The standard InChI is InChI=1S/C32H29FN4O3S/c1-4-39-32(38)29-26(19-41-27-13-7-8-15-35-27)37(3)25-16-22(20-10-9-14-34-17-20)30-23(28(25)29)18-36(2)31(40-30)21-11-5-6-12-24(21)33/h5-17,31H,4,18-19H2,1-3H3. The fraction of sp³-hybridized carbons (Fsp3) is 0.219. The van der Waals surface area contributed by atoms with Crippen molar-refractivity contribution >= 4 is 28.6 Å². The minimum atomic E-state index is -0.648. The van der Waals surface area contributed by atoms with Crippen LogP contribution in [0.4, 0.5) is 4.39 Å². The van der Waals surface area contributed by atoms with Gasteiger partial charge in [0.25, 0.3) is 0 Å². The van der Waals surface area contributed by atoms with Gasteiger partial charge in [0.1, 0.15) is 11.6 Å². The maximum Gasteiger partial charge on any atom is 0.340 e. The molecule has 0 aliphatic carbocycles. The van der Waals surface area contributed by atoms with Gasteiger partial charge >= 0.3 is 5.97 Å². The molecule has 0 saturated carbocycles. The van der Waals surface area contributed by atoms with Crippen LogP contribution in [0.2, 0.25) is 0 Å². The molecule has 5 aromatic rings. The van der Waals surface area contributed by atoms with E-state index in [1.165, 1.54) is 6.07 Å². The van der Waals surface area contributed by atoms with E-state index in [4.69, 9.17) is 9.47 Å². The van der Waals surface area contributed by atoms with Gasteiger partial charge in [0.2, 0.25) is 0 Å². The Hall–Kier alpha value is -4.21. The Balaban J connectivity index is 1.59. The molecular weight excluding hydrogens is 539 g/mol. The molecule has 0 fully saturated rings. The van der Waals surface area contributed by atoms with Crippen LogP contribution in [0, 0.1) is 5.82 Å². The summed E-state index contributed by atoms with van der Waals surface area (Å²) in [7, 11) is 3.86. The zero-order valence-corrected chi connectivity index (χ0v) is 23.8. The van der Waals surface area contributed by atoms with Gasteiger partial charge in [-0.1, -0.05) is 30.3 Å². The molecule has 208 valence electrons. The Bertz CT molecular complexity index is 1730. The van der Waals surface area contributed by atoms with Gasteiger partial charge in [-0.15, -0.1) is 11.8 Å². The molecule has 0 spiro atoms. The second kappa shape index (κ2) is 11.3. The maximum absolute atomic E-state index is 14.9. The summed E-state index contributed by atoms with van der Waals surface area (Å²) in [6.07, 6.45) is 4.62. The topological polar surface area (TPSA) is 69.5 Å². The first-order valence-corrected chi connectivity index (χ1v) is 14.4. The molecular formula is C32H29FN4O3S. The average Bonchev–Trinajstić information content (AvgIpc) is 3.28. The number of esters is 1. The third kappa shape index (κ3) is 4.96. The number of fused-ring (bicyclic) bond motifs is 3. The number of hydrogen-bond acceptors (Lipinski definition) is 7. The van der Waals surface area contributed by atoms with E-state index in [9.17, 15) is 9.18 Å². The predicted octanol–water partition coefficient (Wildman–Crippen LogP) is 6.77. The monoisotopic (exact) mass is 568 g/mol. The van der Waals surface area contributed by atoms with Crippen molar-refractivity contribution in [3.63, 3.8) is 0 Å². The maximum atomic E-state index is 14.9. The number of aryl methyl sites for hydroxylation is 1. The number of rotatable bonds is 7. The highest BCUT2D eigenvalue weighted by Gasteiger charge is 2.35. The number of aromatic nitrogens is 3. The van der Waals surface area contributed by atoms with Crippen molar-refractivity contribution in [1.82, 2.24) is 19.4 Å². The Morgan fingerprint density at radius 2 is 1.95 bits per heavy atom. The number of ether oxygens (including phenoxy) is 2. The molecule has 4 heterocycles. The van der Waals surface area contributed by atoms with Crippen molar-refractivity contribution in [2.45, 2.75) is 30.5 Å².